The SMILES string of the molecule is O=C1C=C(c2c(-c3ccccc3)[nH]c3ccccc23)c2ccccc2C1=O. The van der Waals surface area contributed by atoms with E-state index in [4.69, 9.17) is 0 Å². The van der Waals surface area contributed by atoms with Crippen LogP contribution in [0.1, 0.15) is 21.5 Å². The Bertz CT molecular complexity index is 1250. The molecule has 3 nitrogen and oxygen atoms in total. The van der Waals surface area contributed by atoms with Gasteiger partial charge in [0.2, 0.25) is 11.6 Å². The van der Waals surface area contributed by atoms with Crippen molar-refractivity contribution in [1.82, 2.24) is 4.98 Å². The highest BCUT2D eigenvalue weighted by atomic mass is 16.2. The summed E-state index contributed by atoms with van der Waals surface area (Å²) >= 11 is 0. The summed E-state index contributed by atoms with van der Waals surface area (Å²) in [7, 11) is 0. The summed E-state index contributed by atoms with van der Waals surface area (Å²) in [4.78, 5) is 28.3. The molecule has 0 bridgehead atoms. The van der Waals surface area contributed by atoms with Crippen molar-refractivity contribution in [3.63, 3.8) is 0 Å². The molecule has 27 heavy (non-hydrogen) atoms. The average molecular weight is 349 g/mol. The zero-order valence-corrected chi connectivity index (χ0v) is 14.4. The molecular formula is C24H15NO2. The van der Waals surface area contributed by atoms with Crippen LogP contribution in [0.4, 0.5) is 0 Å². The number of allylic oxidation sites excluding steroid dienone is 1. The van der Waals surface area contributed by atoms with Gasteiger partial charge in [-0.2, -0.15) is 0 Å². The van der Waals surface area contributed by atoms with Crippen LogP contribution in [-0.4, -0.2) is 16.6 Å². The molecule has 1 N–H and O–H groups in total. The Hall–Kier alpha value is -3.72. The number of carbonyl (C=O) groups is 2. The number of para-hydroxylation sites is 1. The van der Waals surface area contributed by atoms with Gasteiger partial charge in [0, 0.05) is 22.0 Å². The normalized spacial score (nSPS) is 13.6. The number of hydrogen-bond acceptors (Lipinski definition) is 2. The number of Topliss-reactive ketones (excluding diaryl/α,β-unsaturated/α-hetero) is 1. The highest BCUT2D eigenvalue weighted by molar-refractivity contribution is 6.51. The number of hydrogen-bond donors (Lipinski definition) is 1. The molecule has 5 rings (SSSR count). The van der Waals surface area contributed by atoms with E-state index >= 15 is 0 Å². The molecule has 0 saturated heterocycles. The lowest BCUT2D eigenvalue weighted by Gasteiger charge is -2.17. The molecule has 1 heterocycles. The maximum absolute atomic E-state index is 12.4. The van der Waals surface area contributed by atoms with E-state index < -0.39 is 11.6 Å². The van der Waals surface area contributed by atoms with Crippen molar-refractivity contribution in [2.45, 2.75) is 0 Å². The molecule has 0 amide bonds. The van der Waals surface area contributed by atoms with Gasteiger partial charge in [-0.05, 0) is 28.8 Å². The summed E-state index contributed by atoms with van der Waals surface area (Å²) in [6.45, 7) is 0. The first-order valence-electron chi connectivity index (χ1n) is 8.80. The maximum atomic E-state index is 12.4. The molecular weight excluding hydrogens is 334 g/mol. The average Bonchev–Trinajstić information content (AvgIpc) is 3.11. The van der Waals surface area contributed by atoms with Gasteiger partial charge < -0.3 is 4.98 Å². The van der Waals surface area contributed by atoms with Crippen molar-refractivity contribution in [2.24, 2.45) is 0 Å². The van der Waals surface area contributed by atoms with Gasteiger partial charge >= 0.3 is 0 Å². The molecule has 1 aromatic heterocycles. The third kappa shape index (κ3) is 2.36. The van der Waals surface area contributed by atoms with Gasteiger partial charge in [-0.1, -0.05) is 72.8 Å². The van der Waals surface area contributed by atoms with Crippen LogP contribution in [-0.2, 0) is 4.79 Å². The number of carbonyl (C=O) groups excluding carboxylic acids is 2. The second-order valence-corrected chi connectivity index (χ2v) is 6.58. The van der Waals surface area contributed by atoms with Crippen LogP contribution in [0, 0.1) is 0 Å². The van der Waals surface area contributed by atoms with Crippen LogP contribution in [0.15, 0.2) is 84.9 Å². The molecule has 3 heteroatoms. The van der Waals surface area contributed by atoms with Crippen molar-refractivity contribution < 1.29 is 9.59 Å². The third-order valence-corrected chi connectivity index (χ3v) is 5.00. The van der Waals surface area contributed by atoms with E-state index in [-0.39, 0.29) is 0 Å². The Balaban J connectivity index is 1.87. The minimum Gasteiger partial charge on any atom is -0.354 e. The van der Waals surface area contributed by atoms with Crippen LogP contribution >= 0.6 is 0 Å². The molecule has 0 unspecified atom stereocenters. The van der Waals surface area contributed by atoms with Gasteiger partial charge in [0.1, 0.15) is 0 Å². The summed E-state index contributed by atoms with van der Waals surface area (Å²) in [5.74, 6) is -0.927. The number of aromatic amines is 1. The summed E-state index contributed by atoms with van der Waals surface area (Å²) in [5, 5.41) is 1.03. The Morgan fingerprint density at radius 2 is 1.33 bits per heavy atom. The highest BCUT2D eigenvalue weighted by Gasteiger charge is 2.28. The summed E-state index contributed by atoms with van der Waals surface area (Å²) in [6, 6.07) is 25.4. The predicted molar refractivity (Wildman–Crippen MR) is 107 cm³/mol. The first-order valence-corrected chi connectivity index (χ1v) is 8.80. The minimum absolute atomic E-state index is 0.449. The van der Waals surface area contributed by atoms with E-state index in [2.05, 4.69) is 4.98 Å². The number of aromatic nitrogens is 1. The highest BCUT2D eigenvalue weighted by Crippen LogP contribution is 2.40. The van der Waals surface area contributed by atoms with Crippen molar-refractivity contribution >= 4 is 28.0 Å². The van der Waals surface area contributed by atoms with Gasteiger partial charge in [0.05, 0.1) is 5.69 Å². The summed E-state index contributed by atoms with van der Waals surface area (Å²) in [5.41, 5.74) is 5.96. The van der Waals surface area contributed by atoms with Gasteiger partial charge in [0.25, 0.3) is 0 Å². The quantitative estimate of drug-likeness (QED) is 0.516. The van der Waals surface area contributed by atoms with Crippen LogP contribution in [0.5, 0.6) is 0 Å². The topological polar surface area (TPSA) is 49.9 Å². The molecule has 0 atom stereocenters. The van der Waals surface area contributed by atoms with Crippen LogP contribution in [0.2, 0.25) is 0 Å². The lowest BCUT2D eigenvalue weighted by atomic mass is 9.84. The Labute approximate surface area is 156 Å². The number of ketones is 2. The molecule has 4 aromatic rings. The first kappa shape index (κ1) is 15.5. The second kappa shape index (κ2) is 5.92. The molecule has 1 aliphatic rings. The molecule has 128 valence electrons. The molecule has 0 fully saturated rings. The lowest BCUT2D eigenvalue weighted by molar-refractivity contribution is -0.111. The van der Waals surface area contributed by atoms with Crippen molar-refractivity contribution in [3.8, 4) is 11.3 Å². The second-order valence-electron chi connectivity index (χ2n) is 6.58. The van der Waals surface area contributed by atoms with E-state index in [0.717, 1.165) is 38.9 Å². The van der Waals surface area contributed by atoms with Crippen LogP contribution in [0.25, 0.3) is 27.7 Å². The summed E-state index contributed by atoms with van der Waals surface area (Å²) in [6.07, 6.45) is 1.48. The Morgan fingerprint density at radius 3 is 2.15 bits per heavy atom. The van der Waals surface area contributed by atoms with Gasteiger partial charge in [-0.15, -0.1) is 0 Å². The largest absolute Gasteiger partial charge is 0.354 e. The fourth-order valence-corrected chi connectivity index (χ4v) is 3.77. The van der Waals surface area contributed by atoms with Crippen LogP contribution < -0.4 is 0 Å². The zero-order valence-electron chi connectivity index (χ0n) is 14.4. The summed E-state index contributed by atoms with van der Waals surface area (Å²) < 4.78 is 0. The molecule has 0 radical (unpaired) electrons. The fourth-order valence-electron chi connectivity index (χ4n) is 3.77. The molecule has 0 aliphatic heterocycles. The fraction of sp³-hybridized carbons (Fsp3) is 0. The number of rotatable bonds is 2. The minimum atomic E-state index is -0.479. The number of benzene rings is 3. The number of nitrogens with one attached hydrogen (secondary N) is 1. The third-order valence-electron chi connectivity index (χ3n) is 5.00. The van der Waals surface area contributed by atoms with E-state index in [1.165, 1.54) is 6.08 Å². The smallest absolute Gasteiger partial charge is 0.233 e. The molecule has 3 aromatic carbocycles. The zero-order chi connectivity index (χ0) is 18.4. The lowest BCUT2D eigenvalue weighted by Crippen LogP contribution is -2.19. The molecule has 0 saturated carbocycles. The van der Waals surface area contributed by atoms with Crippen LogP contribution in [0.3, 0.4) is 0 Å². The molecule has 1 aliphatic carbocycles. The Morgan fingerprint density at radius 1 is 0.667 bits per heavy atom. The van der Waals surface area contributed by atoms with Gasteiger partial charge in [0.15, 0.2) is 0 Å². The molecule has 0 spiro atoms. The maximum Gasteiger partial charge on any atom is 0.233 e. The number of fused-ring (bicyclic) bond motifs is 2. The van der Waals surface area contributed by atoms with Crippen molar-refractivity contribution in [3.05, 3.63) is 102 Å². The van der Waals surface area contributed by atoms with E-state index in [1.54, 1.807) is 12.1 Å². The van der Waals surface area contributed by atoms with E-state index in [9.17, 15) is 9.59 Å². The van der Waals surface area contributed by atoms with E-state index in [0.29, 0.717) is 5.56 Å². The van der Waals surface area contributed by atoms with Crippen molar-refractivity contribution in [2.75, 3.05) is 0 Å². The van der Waals surface area contributed by atoms with Gasteiger partial charge in [-0.3, -0.25) is 9.59 Å². The standard InChI is InChI=1S/C24H15NO2/c26-21-14-19(16-10-4-5-11-17(16)24(21)27)22-18-12-6-7-13-20(18)25-23(22)15-8-2-1-3-9-15/h1-14,25H. The monoisotopic (exact) mass is 349 g/mol. The van der Waals surface area contributed by atoms with Crippen molar-refractivity contribution in [1.29, 1.82) is 0 Å². The van der Waals surface area contributed by atoms with E-state index in [1.807, 2.05) is 66.7 Å². The Kier molecular flexibility index (Phi) is 3.41. The first-order chi connectivity index (χ1) is 13.2. The predicted octanol–water partition coefficient (Wildman–Crippen LogP) is 5.03. The number of H-pyrrole nitrogens is 1. The van der Waals surface area contributed by atoms with Gasteiger partial charge in [-0.25, -0.2) is 0 Å².